The number of carbonyl (C=O) groups is 1. The van der Waals surface area contributed by atoms with Crippen LogP contribution in [0.3, 0.4) is 0 Å². The van der Waals surface area contributed by atoms with Crippen LogP contribution in [-0.4, -0.2) is 23.8 Å². The molecule has 0 saturated carbocycles. The van der Waals surface area contributed by atoms with E-state index in [1.807, 2.05) is 12.1 Å². The van der Waals surface area contributed by atoms with Gasteiger partial charge in [-0.3, -0.25) is 10.2 Å². The number of nitrogens with one attached hydrogen (secondary N) is 1. The second-order valence-electron chi connectivity index (χ2n) is 6.06. The van der Waals surface area contributed by atoms with E-state index in [1.54, 1.807) is 42.8 Å². The maximum Gasteiger partial charge on any atom is 0.311 e. The Kier molecular flexibility index (Phi) is 7.92. The molecule has 0 fully saturated rings. The predicted octanol–water partition coefficient (Wildman–Crippen LogP) is 5.18. The van der Waals surface area contributed by atoms with Crippen molar-refractivity contribution in [2.45, 2.75) is 20.0 Å². The van der Waals surface area contributed by atoms with Gasteiger partial charge >= 0.3 is 5.97 Å². The number of aromatic nitrogens is 1. The molecule has 0 unspecified atom stereocenters. The topological polar surface area (TPSA) is 72.8 Å². The Hall–Kier alpha value is -2.78. The highest BCUT2D eigenvalue weighted by atomic mass is 79.9. The normalized spacial score (nSPS) is 10.9. The zero-order valence-electron chi connectivity index (χ0n) is 16.1. The number of thiazole rings is 1. The molecule has 0 radical (unpaired) electrons. The Bertz CT molecular complexity index is 1040. The minimum atomic E-state index is -0.316. The molecule has 0 saturated heterocycles. The lowest BCUT2D eigenvalue weighted by atomic mass is 10.2. The molecule has 1 aromatic heterocycles. The molecule has 1 heterocycles. The summed E-state index contributed by atoms with van der Waals surface area (Å²) < 4.78 is 25.4. The third kappa shape index (κ3) is 6.36. The van der Waals surface area contributed by atoms with Gasteiger partial charge in [-0.1, -0.05) is 34.1 Å². The van der Waals surface area contributed by atoms with Crippen LogP contribution in [-0.2, 0) is 22.6 Å². The van der Waals surface area contributed by atoms with Crippen molar-refractivity contribution in [3.05, 3.63) is 75.0 Å². The lowest BCUT2D eigenvalue weighted by Gasteiger charge is -2.10. The van der Waals surface area contributed by atoms with Gasteiger partial charge in [-0.2, -0.15) is 5.10 Å². The minimum Gasteiger partial charge on any atom is -0.488 e. The number of nitrogens with zero attached hydrogens (tertiary/aromatic N) is 2. The summed E-state index contributed by atoms with van der Waals surface area (Å²) >= 11 is 4.76. The molecule has 30 heavy (non-hydrogen) atoms. The largest absolute Gasteiger partial charge is 0.488 e. The number of esters is 1. The van der Waals surface area contributed by atoms with Gasteiger partial charge in [-0.05, 0) is 31.2 Å². The molecule has 3 rings (SSSR count). The molecule has 0 aliphatic carbocycles. The van der Waals surface area contributed by atoms with Gasteiger partial charge < -0.3 is 9.47 Å². The summed E-state index contributed by atoms with van der Waals surface area (Å²) in [6.45, 7) is 2.20. The highest BCUT2D eigenvalue weighted by Crippen LogP contribution is 2.23. The number of ether oxygens (including phenoxy) is 2. The molecular formula is C21H19BrFN3O3S. The number of halogens is 2. The first-order valence-electron chi connectivity index (χ1n) is 9.10. The van der Waals surface area contributed by atoms with Gasteiger partial charge in [0.1, 0.15) is 18.2 Å². The van der Waals surface area contributed by atoms with Gasteiger partial charge in [0.2, 0.25) is 5.13 Å². The zero-order chi connectivity index (χ0) is 21.3. The van der Waals surface area contributed by atoms with E-state index in [4.69, 9.17) is 9.47 Å². The molecule has 6 nitrogen and oxygen atoms in total. The molecule has 0 aliphatic heterocycles. The van der Waals surface area contributed by atoms with E-state index in [9.17, 15) is 9.18 Å². The molecule has 156 valence electrons. The van der Waals surface area contributed by atoms with Crippen molar-refractivity contribution in [1.29, 1.82) is 0 Å². The second kappa shape index (κ2) is 10.8. The fourth-order valence-corrected chi connectivity index (χ4v) is 3.52. The SMILES string of the molecule is CCOC(=O)Cc1csc(NN=Cc2cc(Br)ccc2OCc2ccccc2F)n1. The van der Waals surface area contributed by atoms with Crippen LogP contribution in [0.4, 0.5) is 9.52 Å². The standard InChI is InChI=1S/C21H19BrFN3O3S/c1-2-28-20(27)10-17-13-30-21(25-17)26-24-11-15-9-16(22)7-8-19(15)29-12-14-5-3-4-6-18(14)23/h3-9,11,13H,2,10,12H2,1H3,(H,25,26). The van der Waals surface area contributed by atoms with Crippen LogP contribution in [0, 0.1) is 5.82 Å². The minimum absolute atomic E-state index is 0.103. The first-order chi connectivity index (χ1) is 14.5. The fourth-order valence-electron chi connectivity index (χ4n) is 2.48. The predicted molar refractivity (Wildman–Crippen MR) is 119 cm³/mol. The van der Waals surface area contributed by atoms with Crippen molar-refractivity contribution in [3.8, 4) is 5.75 Å². The van der Waals surface area contributed by atoms with Crippen LogP contribution in [0.5, 0.6) is 5.75 Å². The van der Waals surface area contributed by atoms with Gasteiger partial charge in [-0.25, -0.2) is 9.37 Å². The Labute approximate surface area is 185 Å². The highest BCUT2D eigenvalue weighted by Gasteiger charge is 2.09. The monoisotopic (exact) mass is 491 g/mol. The molecule has 1 N–H and O–H groups in total. The van der Waals surface area contributed by atoms with E-state index in [2.05, 4.69) is 31.4 Å². The molecule has 0 spiro atoms. The second-order valence-corrected chi connectivity index (χ2v) is 7.83. The molecule has 0 bridgehead atoms. The number of benzene rings is 2. The third-order valence-electron chi connectivity index (χ3n) is 3.86. The number of anilines is 1. The first-order valence-corrected chi connectivity index (χ1v) is 10.8. The molecular weight excluding hydrogens is 473 g/mol. The van der Waals surface area contributed by atoms with Gasteiger partial charge in [-0.15, -0.1) is 11.3 Å². The van der Waals surface area contributed by atoms with Crippen molar-refractivity contribution in [2.24, 2.45) is 5.10 Å². The van der Waals surface area contributed by atoms with Crippen LogP contribution in [0.25, 0.3) is 0 Å². The molecule has 0 aliphatic rings. The average molecular weight is 492 g/mol. The van der Waals surface area contributed by atoms with Crippen LogP contribution < -0.4 is 10.2 Å². The van der Waals surface area contributed by atoms with Crippen molar-refractivity contribution in [2.75, 3.05) is 12.0 Å². The summed E-state index contributed by atoms with van der Waals surface area (Å²) in [6.07, 6.45) is 1.71. The van der Waals surface area contributed by atoms with Gasteiger partial charge in [0.05, 0.1) is 24.9 Å². The Morgan fingerprint density at radius 2 is 2.17 bits per heavy atom. The molecule has 0 atom stereocenters. The summed E-state index contributed by atoms with van der Waals surface area (Å²) in [6, 6.07) is 11.9. The molecule has 9 heteroatoms. The van der Waals surface area contributed by atoms with Gasteiger partial charge in [0.15, 0.2) is 0 Å². The Morgan fingerprint density at radius 1 is 1.33 bits per heavy atom. The number of hydrazone groups is 1. The van der Waals surface area contributed by atoms with Crippen LogP contribution in [0.15, 0.2) is 57.4 Å². The van der Waals surface area contributed by atoms with E-state index < -0.39 is 0 Å². The maximum absolute atomic E-state index is 13.8. The number of carbonyl (C=O) groups excluding carboxylic acids is 1. The van der Waals surface area contributed by atoms with Crippen molar-refractivity contribution in [1.82, 2.24) is 4.98 Å². The lowest BCUT2D eigenvalue weighted by Crippen LogP contribution is -2.07. The van der Waals surface area contributed by atoms with E-state index in [0.29, 0.717) is 34.3 Å². The van der Waals surface area contributed by atoms with E-state index >= 15 is 0 Å². The molecule has 0 amide bonds. The molecule has 3 aromatic rings. The van der Waals surface area contributed by atoms with Crippen molar-refractivity contribution in [3.63, 3.8) is 0 Å². The van der Waals surface area contributed by atoms with Crippen molar-refractivity contribution < 1.29 is 18.7 Å². The van der Waals surface area contributed by atoms with E-state index in [1.165, 1.54) is 17.4 Å². The Morgan fingerprint density at radius 3 is 2.97 bits per heavy atom. The van der Waals surface area contributed by atoms with Crippen LogP contribution >= 0.6 is 27.3 Å². The van der Waals surface area contributed by atoms with Crippen LogP contribution in [0.2, 0.25) is 0 Å². The maximum atomic E-state index is 13.8. The lowest BCUT2D eigenvalue weighted by molar-refractivity contribution is -0.142. The summed E-state index contributed by atoms with van der Waals surface area (Å²) in [4.78, 5) is 15.8. The van der Waals surface area contributed by atoms with Gasteiger partial charge in [0.25, 0.3) is 0 Å². The first kappa shape index (κ1) is 21.9. The third-order valence-corrected chi connectivity index (χ3v) is 5.15. The summed E-state index contributed by atoms with van der Waals surface area (Å²) in [5.74, 6) is -0.0633. The molecule has 2 aromatic carbocycles. The summed E-state index contributed by atoms with van der Waals surface area (Å²) in [7, 11) is 0. The quantitative estimate of drug-likeness (QED) is 0.253. The average Bonchev–Trinajstić information content (AvgIpc) is 3.15. The smallest absolute Gasteiger partial charge is 0.311 e. The zero-order valence-corrected chi connectivity index (χ0v) is 18.5. The van der Waals surface area contributed by atoms with Crippen molar-refractivity contribution >= 4 is 44.6 Å². The fraction of sp³-hybridized carbons (Fsp3) is 0.190. The Balaban J connectivity index is 1.64. The van der Waals surface area contributed by atoms with E-state index in [0.717, 1.165) is 4.47 Å². The van der Waals surface area contributed by atoms with Crippen LogP contribution in [0.1, 0.15) is 23.7 Å². The van der Waals surface area contributed by atoms with Gasteiger partial charge in [0, 0.05) is 21.0 Å². The summed E-state index contributed by atoms with van der Waals surface area (Å²) in [5, 5.41) is 6.52. The highest BCUT2D eigenvalue weighted by molar-refractivity contribution is 9.10. The summed E-state index contributed by atoms with van der Waals surface area (Å²) in [5.41, 5.74) is 4.64. The number of hydrogen-bond donors (Lipinski definition) is 1. The number of rotatable bonds is 9. The van der Waals surface area contributed by atoms with E-state index in [-0.39, 0.29) is 24.8 Å². The number of hydrogen-bond acceptors (Lipinski definition) is 7.